The van der Waals surface area contributed by atoms with E-state index in [1.807, 2.05) is 0 Å². The highest BCUT2D eigenvalue weighted by Crippen LogP contribution is 2.43. The molecular weight excluding hydrogens is 463 g/mol. The van der Waals surface area contributed by atoms with E-state index in [1.165, 1.54) is 13.3 Å². The SMILES string of the molecule is COc1c(Cl)cccc1Nc1c(-c2ccncc2F)[nH]c2c1C(=O)NC[C@@H]2C[C@@H]1COCCO1. The van der Waals surface area contributed by atoms with Crippen LogP contribution in [0.1, 0.15) is 28.4 Å². The maximum Gasteiger partial charge on any atom is 0.255 e. The number of para-hydroxylation sites is 1. The highest BCUT2D eigenvalue weighted by molar-refractivity contribution is 6.32. The number of rotatable bonds is 6. The molecule has 0 unspecified atom stereocenters. The molecule has 34 heavy (non-hydrogen) atoms. The summed E-state index contributed by atoms with van der Waals surface area (Å²) in [6.07, 6.45) is 3.21. The molecule has 1 saturated heterocycles. The van der Waals surface area contributed by atoms with E-state index in [9.17, 15) is 9.18 Å². The summed E-state index contributed by atoms with van der Waals surface area (Å²) in [6, 6.07) is 6.82. The number of nitrogens with one attached hydrogen (secondary N) is 3. The fourth-order valence-electron chi connectivity index (χ4n) is 4.51. The second kappa shape index (κ2) is 9.61. The Kier molecular flexibility index (Phi) is 6.40. The van der Waals surface area contributed by atoms with Crippen LogP contribution in [0, 0.1) is 5.82 Å². The van der Waals surface area contributed by atoms with Crippen LogP contribution in [-0.4, -0.2) is 55.5 Å². The molecule has 2 aliphatic rings. The van der Waals surface area contributed by atoms with Crippen molar-refractivity contribution in [2.45, 2.75) is 18.4 Å². The normalized spacial score (nSPS) is 19.9. The zero-order valence-corrected chi connectivity index (χ0v) is 19.2. The molecule has 3 N–H and O–H groups in total. The first-order valence-corrected chi connectivity index (χ1v) is 11.4. The highest BCUT2D eigenvalue weighted by atomic mass is 35.5. The predicted molar refractivity (Wildman–Crippen MR) is 126 cm³/mol. The molecule has 2 aliphatic heterocycles. The quantitative estimate of drug-likeness (QED) is 0.482. The van der Waals surface area contributed by atoms with E-state index in [0.717, 1.165) is 6.20 Å². The van der Waals surface area contributed by atoms with Gasteiger partial charge in [0.15, 0.2) is 11.6 Å². The summed E-state index contributed by atoms with van der Waals surface area (Å²) in [5.41, 5.74) is 2.84. The summed E-state index contributed by atoms with van der Waals surface area (Å²) in [7, 11) is 1.51. The maximum atomic E-state index is 14.8. The Morgan fingerprint density at radius 3 is 2.97 bits per heavy atom. The van der Waals surface area contributed by atoms with Gasteiger partial charge in [-0.25, -0.2) is 4.39 Å². The Balaban J connectivity index is 1.63. The number of pyridine rings is 1. The fraction of sp³-hybridized carbons (Fsp3) is 0.333. The number of hydrogen-bond acceptors (Lipinski definition) is 6. The molecule has 0 saturated carbocycles. The van der Waals surface area contributed by atoms with E-state index in [2.05, 4.69) is 20.6 Å². The van der Waals surface area contributed by atoms with Crippen molar-refractivity contribution in [3.8, 4) is 17.0 Å². The number of nitrogens with zero attached hydrogens (tertiary/aromatic N) is 1. The van der Waals surface area contributed by atoms with Crippen LogP contribution in [0.5, 0.6) is 5.75 Å². The number of ether oxygens (including phenoxy) is 3. The van der Waals surface area contributed by atoms with Crippen molar-refractivity contribution in [2.75, 3.05) is 38.8 Å². The molecule has 8 nitrogen and oxygen atoms in total. The Bertz CT molecular complexity index is 1210. The lowest BCUT2D eigenvalue weighted by molar-refractivity contribution is -0.0928. The third-order valence-electron chi connectivity index (χ3n) is 6.08. The molecule has 178 valence electrons. The van der Waals surface area contributed by atoms with Crippen LogP contribution in [-0.2, 0) is 9.47 Å². The fourth-order valence-corrected chi connectivity index (χ4v) is 4.76. The average molecular weight is 487 g/mol. The Morgan fingerprint density at radius 2 is 2.21 bits per heavy atom. The second-order valence-electron chi connectivity index (χ2n) is 8.18. The van der Waals surface area contributed by atoms with Crippen molar-refractivity contribution in [2.24, 2.45) is 0 Å². The van der Waals surface area contributed by atoms with Crippen LogP contribution in [0.25, 0.3) is 11.3 Å². The molecule has 4 heterocycles. The van der Waals surface area contributed by atoms with Gasteiger partial charge in [-0.05, 0) is 24.6 Å². The number of methoxy groups -OCH3 is 1. The van der Waals surface area contributed by atoms with Crippen molar-refractivity contribution in [1.82, 2.24) is 15.3 Å². The van der Waals surface area contributed by atoms with Crippen molar-refractivity contribution >= 4 is 28.9 Å². The van der Waals surface area contributed by atoms with Gasteiger partial charge in [-0.15, -0.1) is 0 Å². The van der Waals surface area contributed by atoms with Gasteiger partial charge in [0.2, 0.25) is 0 Å². The highest BCUT2D eigenvalue weighted by Gasteiger charge is 2.35. The van der Waals surface area contributed by atoms with Gasteiger partial charge in [-0.2, -0.15) is 0 Å². The number of aromatic nitrogens is 2. The number of carbonyl (C=O) groups is 1. The van der Waals surface area contributed by atoms with Gasteiger partial charge in [0, 0.05) is 29.9 Å². The standard InChI is InChI=1S/C24H24ClFN4O4/c1-32-23-16(25)3-2-4-18(23)29-22-19-20(30-21(22)15-5-6-27-11-17(15)26)13(10-28-24(19)31)9-14-12-33-7-8-34-14/h2-6,11,13-14,29-30H,7-10,12H2,1H3,(H,28,31)/t13-,14+/m0/s1. The summed E-state index contributed by atoms with van der Waals surface area (Å²) in [5.74, 6) is -0.420. The number of fused-ring (bicyclic) bond motifs is 1. The van der Waals surface area contributed by atoms with Gasteiger partial charge in [0.25, 0.3) is 5.91 Å². The summed E-state index contributed by atoms with van der Waals surface area (Å²) < 4.78 is 31.7. The van der Waals surface area contributed by atoms with Crippen molar-refractivity contribution in [3.05, 3.63) is 58.8 Å². The number of benzene rings is 1. The number of halogens is 2. The molecule has 2 atom stereocenters. The minimum atomic E-state index is -0.511. The number of H-pyrrole nitrogens is 1. The smallest absolute Gasteiger partial charge is 0.255 e. The van der Waals surface area contributed by atoms with Crippen LogP contribution in [0.2, 0.25) is 5.02 Å². The number of hydrogen-bond donors (Lipinski definition) is 3. The van der Waals surface area contributed by atoms with E-state index < -0.39 is 5.82 Å². The first-order chi connectivity index (χ1) is 16.6. The van der Waals surface area contributed by atoms with Gasteiger partial charge in [0.05, 0.1) is 66.9 Å². The zero-order valence-electron chi connectivity index (χ0n) is 18.5. The molecule has 5 rings (SSSR count). The summed E-state index contributed by atoms with van der Waals surface area (Å²) in [4.78, 5) is 20.3. The lowest BCUT2D eigenvalue weighted by atomic mass is 9.91. The average Bonchev–Trinajstić information content (AvgIpc) is 3.22. The van der Waals surface area contributed by atoms with Gasteiger partial charge in [0.1, 0.15) is 0 Å². The lowest BCUT2D eigenvalue weighted by Crippen LogP contribution is -2.38. The largest absolute Gasteiger partial charge is 0.493 e. The topological polar surface area (TPSA) is 97.5 Å². The van der Waals surface area contributed by atoms with E-state index in [0.29, 0.717) is 71.9 Å². The minimum absolute atomic E-state index is 0.0696. The predicted octanol–water partition coefficient (Wildman–Crippen LogP) is 4.25. The Labute approximate surface area is 200 Å². The monoisotopic (exact) mass is 486 g/mol. The van der Waals surface area contributed by atoms with Crippen molar-refractivity contribution < 1.29 is 23.4 Å². The van der Waals surface area contributed by atoms with Crippen LogP contribution in [0.15, 0.2) is 36.7 Å². The van der Waals surface area contributed by atoms with E-state index >= 15 is 0 Å². The van der Waals surface area contributed by atoms with Gasteiger partial charge < -0.3 is 29.8 Å². The zero-order chi connectivity index (χ0) is 23.7. The van der Waals surface area contributed by atoms with Crippen LogP contribution in [0.4, 0.5) is 15.8 Å². The Hall–Kier alpha value is -3.14. The van der Waals surface area contributed by atoms with Gasteiger partial charge in [-0.1, -0.05) is 17.7 Å². The maximum absolute atomic E-state index is 14.8. The molecule has 0 aliphatic carbocycles. The van der Waals surface area contributed by atoms with Crippen LogP contribution < -0.4 is 15.4 Å². The molecule has 1 fully saturated rings. The molecule has 0 bridgehead atoms. The first-order valence-electron chi connectivity index (χ1n) is 11.0. The van der Waals surface area contributed by atoms with Crippen LogP contribution >= 0.6 is 11.6 Å². The summed E-state index contributed by atoms with van der Waals surface area (Å²) in [6.45, 7) is 2.05. The molecule has 0 radical (unpaired) electrons. The van der Waals surface area contributed by atoms with E-state index in [4.69, 9.17) is 25.8 Å². The summed E-state index contributed by atoms with van der Waals surface area (Å²) in [5, 5.41) is 6.65. The van der Waals surface area contributed by atoms with Gasteiger partial charge in [-0.3, -0.25) is 9.78 Å². The molecular formula is C24H24ClFN4O4. The Morgan fingerprint density at radius 1 is 1.32 bits per heavy atom. The lowest BCUT2D eigenvalue weighted by Gasteiger charge is -2.29. The van der Waals surface area contributed by atoms with E-state index in [1.54, 1.807) is 24.3 Å². The van der Waals surface area contributed by atoms with Crippen molar-refractivity contribution in [1.29, 1.82) is 0 Å². The second-order valence-corrected chi connectivity index (χ2v) is 8.58. The molecule has 1 amide bonds. The third kappa shape index (κ3) is 4.22. The minimum Gasteiger partial charge on any atom is -0.493 e. The first kappa shape index (κ1) is 22.6. The third-order valence-corrected chi connectivity index (χ3v) is 6.38. The summed E-state index contributed by atoms with van der Waals surface area (Å²) >= 11 is 6.31. The molecule has 1 aromatic carbocycles. The van der Waals surface area contributed by atoms with E-state index in [-0.39, 0.29) is 23.5 Å². The van der Waals surface area contributed by atoms with Crippen molar-refractivity contribution in [3.63, 3.8) is 0 Å². The number of aromatic amines is 1. The van der Waals surface area contributed by atoms with Gasteiger partial charge >= 0.3 is 0 Å². The number of carbonyl (C=O) groups excluding carboxylic acids is 1. The molecule has 2 aromatic heterocycles. The number of amides is 1. The molecule has 0 spiro atoms. The number of anilines is 2. The van der Waals surface area contributed by atoms with Crippen LogP contribution in [0.3, 0.4) is 0 Å². The molecule has 10 heteroatoms. The molecule has 3 aromatic rings.